The Morgan fingerprint density at radius 3 is 2.50 bits per heavy atom. The summed E-state index contributed by atoms with van der Waals surface area (Å²) < 4.78 is 5.15. The zero-order valence-corrected chi connectivity index (χ0v) is 15.0. The van der Waals surface area contributed by atoms with E-state index in [1.165, 1.54) is 11.3 Å². The van der Waals surface area contributed by atoms with Crippen molar-refractivity contribution >= 4 is 45.9 Å². The van der Waals surface area contributed by atoms with Crippen molar-refractivity contribution in [2.75, 3.05) is 12.5 Å². The van der Waals surface area contributed by atoms with Gasteiger partial charge >= 0.3 is 0 Å². The Balaban J connectivity index is 1.71. The molecule has 0 radical (unpaired) electrons. The minimum Gasteiger partial charge on any atom is -0.497 e. The molecule has 0 aliphatic carbocycles. The summed E-state index contributed by atoms with van der Waals surface area (Å²) in [6, 6.07) is 13.0. The third-order valence-electron chi connectivity index (χ3n) is 3.24. The van der Waals surface area contributed by atoms with Crippen LogP contribution in [0.5, 0.6) is 5.75 Å². The van der Waals surface area contributed by atoms with Crippen molar-refractivity contribution in [3.05, 3.63) is 63.5 Å². The van der Waals surface area contributed by atoms with Crippen molar-refractivity contribution in [2.45, 2.75) is 0 Å². The summed E-state index contributed by atoms with van der Waals surface area (Å²) in [5, 5.41) is 7.89. The Kier molecular flexibility index (Phi) is 5.35. The molecule has 3 aromatic rings. The zero-order chi connectivity index (χ0) is 16.9. The molecule has 3 rings (SSSR count). The Labute approximate surface area is 153 Å². The summed E-state index contributed by atoms with van der Waals surface area (Å²) in [6.07, 6.45) is 1.58. The van der Waals surface area contributed by atoms with Crippen LogP contribution in [-0.2, 0) is 0 Å². The second-order valence-electron chi connectivity index (χ2n) is 4.77. The van der Waals surface area contributed by atoms with E-state index in [1.54, 1.807) is 31.5 Å². The first-order valence-corrected chi connectivity index (χ1v) is 8.64. The highest BCUT2D eigenvalue weighted by atomic mass is 35.5. The number of methoxy groups -OCH3 is 1. The maximum Gasteiger partial charge on any atom is 0.203 e. The van der Waals surface area contributed by atoms with E-state index in [4.69, 9.17) is 27.9 Å². The Bertz CT molecular complexity index is 842. The van der Waals surface area contributed by atoms with E-state index in [2.05, 4.69) is 15.5 Å². The van der Waals surface area contributed by atoms with Gasteiger partial charge in [0.25, 0.3) is 0 Å². The van der Waals surface area contributed by atoms with Gasteiger partial charge in [-0.25, -0.2) is 4.98 Å². The monoisotopic (exact) mass is 377 g/mol. The first-order valence-electron chi connectivity index (χ1n) is 7.00. The second kappa shape index (κ2) is 7.66. The minimum absolute atomic E-state index is 0.547. The first-order chi connectivity index (χ1) is 11.7. The van der Waals surface area contributed by atoms with Crippen LogP contribution in [0.15, 0.2) is 52.9 Å². The Morgan fingerprint density at radius 1 is 1.12 bits per heavy atom. The van der Waals surface area contributed by atoms with Crippen molar-refractivity contribution in [3.63, 3.8) is 0 Å². The molecule has 1 heterocycles. The highest BCUT2D eigenvalue weighted by molar-refractivity contribution is 7.14. The molecule has 0 aliphatic rings. The lowest BCUT2D eigenvalue weighted by molar-refractivity contribution is 0.415. The molecule has 0 spiro atoms. The zero-order valence-electron chi connectivity index (χ0n) is 12.7. The third kappa shape index (κ3) is 3.87. The molecule has 122 valence electrons. The molecule has 2 aromatic carbocycles. The molecule has 0 bridgehead atoms. The van der Waals surface area contributed by atoms with Crippen molar-refractivity contribution in [1.82, 2.24) is 4.98 Å². The van der Waals surface area contributed by atoms with Crippen LogP contribution in [-0.4, -0.2) is 18.3 Å². The summed E-state index contributed by atoms with van der Waals surface area (Å²) in [4.78, 5) is 4.50. The van der Waals surface area contributed by atoms with Gasteiger partial charge in [-0.2, -0.15) is 5.10 Å². The third-order valence-corrected chi connectivity index (χ3v) is 4.65. The summed E-state index contributed by atoms with van der Waals surface area (Å²) in [5.74, 6) is 0.813. The van der Waals surface area contributed by atoms with Crippen LogP contribution >= 0.6 is 34.5 Å². The first kappa shape index (κ1) is 16.8. The number of hydrogen-bond donors (Lipinski definition) is 1. The summed E-state index contributed by atoms with van der Waals surface area (Å²) in [7, 11) is 1.64. The van der Waals surface area contributed by atoms with Crippen LogP contribution in [0, 0.1) is 0 Å². The van der Waals surface area contributed by atoms with Crippen molar-refractivity contribution in [3.8, 4) is 17.0 Å². The molecule has 0 atom stereocenters. The van der Waals surface area contributed by atoms with E-state index < -0.39 is 0 Å². The molecule has 7 heteroatoms. The van der Waals surface area contributed by atoms with Gasteiger partial charge in [-0.1, -0.05) is 29.3 Å². The van der Waals surface area contributed by atoms with Crippen LogP contribution in [0.3, 0.4) is 0 Å². The molecule has 0 aliphatic heterocycles. The fourth-order valence-electron chi connectivity index (χ4n) is 2.01. The molecule has 0 fully saturated rings. The minimum atomic E-state index is 0.547. The van der Waals surface area contributed by atoms with E-state index in [1.807, 2.05) is 29.6 Å². The van der Waals surface area contributed by atoms with Gasteiger partial charge in [0.05, 0.1) is 29.1 Å². The molecule has 0 saturated heterocycles. The number of benzene rings is 2. The van der Waals surface area contributed by atoms with E-state index in [0.717, 1.165) is 17.0 Å². The van der Waals surface area contributed by atoms with Crippen molar-refractivity contribution in [2.24, 2.45) is 5.10 Å². The predicted octanol–water partition coefficient (Wildman–Crippen LogP) is 5.57. The predicted molar refractivity (Wildman–Crippen MR) is 102 cm³/mol. The van der Waals surface area contributed by atoms with E-state index >= 15 is 0 Å². The smallest absolute Gasteiger partial charge is 0.203 e. The fraction of sp³-hybridized carbons (Fsp3) is 0.0588. The number of hydrogen-bond acceptors (Lipinski definition) is 5. The summed E-state index contributed by atoms with van der Waals surface area (Å²) >= 11 is 13.7. The van der Waals surface area contributed by atoms with E-state index in [-0.39, 0.29) is 0 Å². The highest BCUT2D eigenvalue weighted by Gasteiger charge is 2.05. The second-order valence-corrected chi connectivity index (χ2v) is 6.44. The Morgan fingerprint density at radius 2 is 1.83 bits per heavy atom. The SMILES string of the molecule is COc1ccc(-c2csc(N/N=C\c3c(Cl)cccc3Cl)n2)cc1. The van der Waals surface area contributed by atoms with Crippen LogP contribution in [0.1, 0.15) is 5.56 Å². The van der Waals surface area contributed by atoms with Gasteiger partial charge in [0.15, 0.2) is 0 Å². The normalized spacial score (nSPS) is 11.0. The Hall–Kier alpha value is -2.08. The van der Waals surface area contributed by atoms with Gasteiger partial charge < -0.3 is 4.74 Å². The number of aromatic nitrogens is 1. The molecule has 4 nitrogen and oxygen atoms in total. The molecule has 0 unspecified atom stereocenters. The lowest BCUT2D eigenvalue weighted by atomic mass is 10.2. The summed E-state index contributed by atoms with van der Waals surface area (Å²) in [5.41, 5.74) is 5.45. The number of anilines is 1. The standard InChI is InChI=1S/C17H13Cl2N3OS/c1-23-12-7-5-11(6-8-12)16-10-24-17(21-16)22-20-9-13-14(18)3-2-4-15(13)19/h2-10H,1H3,(H,21,22)/b20-9-. The molecule has 0 amide bonds. The fourth-order valence-corrected chi connectivity index (χ4v) is 3.17. The van der Waals surface area contributed by atoms with Crippen LogP contribution < -0.4 is 10.2 Å². The van der Waals surface area contributed by atoms with Gasteiger partial charge in [-0.3, -0.25) is 5.43 Å². The molecule has 1 aromatic heterocycles. The topological polar surface area (TPSA) is 46.5 Å². The van der Waals surface area contributed by atoms with Crippen molar-refractivity contribution in [1.29, 1.82) is 0 Å². The molecule has 0 saturated carbocycles. The van der Waals surface area contributed by atoms with Gasteiger partial charge in [0.2, 0.25) is 5.13 Å². The average Bonchev–Trinajstić information content (AvgIpc) is 3.06. The number of rotatable bonds is 5. The number of nitrogens with zero attached hydrogens (tertiary/aromatic N) is 2. The largest absolute Gasteiger partial charge is 0.497 e. The maximum absolute atomic E-state index is 6.09. The van der Waals surface area contributed by atoms with Gasteiger partial charge in [0.1, 0.15) is 5.75 Å². The average molecular weight is 378 g/mol. The molecular formula is C17H13Cl2N3OS. The van der Waals surface area contributed by atoms with Gasteiger partial charge in [-0.15, -0.1) is 11.3 Å². The highest BCUT2D eigenvalue weighted by Crippen LogP contribution is 2.27. The number of hydrazone groups is 1. The quantitative estimate of drug-likeness (QED) is 0.466. The molecular weight excluding hydrogens is 365 g/mol. The molecule has 1 N–H and O–H groups in total. The number of thiazole rings is 1. The van der Waals surface area contributed by atoms with E-state index in [9.17, 15) is 0 Å². The van der Waals surface area contributed by atoms with Gasteiger partial charge in [-0.05, 0) is 36.4 Å². The van der Waals surface area contributed by atoms with Crippen LogP contribution in [0.25, 0.3) is 11.3 Å². The van der Waals surface area contributed by atoms with Crippen LogP contribution in [0.4, 0.5) is 5.13 Å². The summed E-state index contributed by atoms with van der Waals surface area (Å²) in [6.45, 7) is 0. The maximum atomic E-state index is 6.09. The number of nitrogens with one attached hydrogen (secondary N) is 1. The van der Waals surface area contributed by atoms with Crippen LogP contribution in [0.2, 0.25) is 10.0 Å². The lowest BCUT2D eigenvalue weighted by Crippen LogP contribution is -1.92. The number of ether oxygens (including phenoxy) is 1. The van der Waals surface area contributed by atoms with Crippen molar-refractivity contribution < 1.29 is 4.74 Å². The lowest BCUT2D eigenvalue weighted by Gasteiger charge is -2.01. The molecule has 24 heavy (non-hydrogen) atoms. The van der Waals surface area contributed by atoms with Gasteiger partial charge in [0, 0.05) is 16.5 Å². The number of halogens is 2. The van der Waals surface area contributed by atoms with E-state index in [0.29, 0.717) is 20.7 Å².